The highest BCUT2D eigenvalue weighted by Crippen LogP contribution is 2.24. The standard InChI is InChI=1S/C25H21F2N7O3/c26-16-7-15(8-17(27)9-16)20-1-2-23-31-32-24(34(23)33-20)12-29-21-3-4-28-22-10-18(11-30-25(21)22)37-14-19-13-35-5-6-36-19/h1-4,7-11,19H,5-6,12-14H2,(H,28,29)/t19-/m1/s1. The van der Waals surface area contributed by atoms with Gasteiger partial charge in [0.05, 0.1) is 49.5 Å². The summed E-state index contributed by atoms with van der Waals surface area (Å²) in [5.74, 6) is -0.261. The summed E-state index contributed by atoms with van der Waals surface area (Å²) in [6.07, 6.45) is 3.19. The van der Waals surface area contributed by atoms with Crippen LogP contribution in [0.1, 0.15) is 5.82 Å². The maximum Gasteiger partial charge on any atom is 0.178 e. The molecule has 1 N–H and O–H groups in total. The second-order valence-electron chi connectivity index (χ2n) is 8.39. The van der Waals surface area contributed by atoms with Crippen LogP contribution in [0.15, 0.2) is 54.9 Å². The van der Waals surface area contributed by atoms with Crippen molar-refractivity contribution in [2.75, 3.05) is 31.7 Å². The topological polar surface area (TPSA) is 109 Å². The Bertz CT molecular complexity index is 1550. The van der Waals surface area contributed by atoms with Gasteiger partial charge < -0.3 is 19.5 Å². The molecular formula is C25H21F2N7O3. The number of fused-ring (bicyclic) bond motifs is 2. The molecule has 37 heavy (non-hydrogen) atoms. The Morgan fingerprint density at radius 2 is 1.92 bits per heavy atom. The molecule has 10 nitrogen and oxygen atoms in total. The van der Waals surface area contributed by atoms with Gasteiger partial charge in [0.2, 0.25) is 0 Å². The number of hydrogen-bond acceptors (Lipinski definition) is 9. The molecule has 1 aliphatic heterocycles. The molecule has 0 aliphatic carbocycles. The summed E-state index contributed by atoms with van der Waals surface area (Å²) in [6.45, 7) is 2.29. The van der Waals surface area contributed by atoms with Gasteiger partial charge in [-0.15, -0.1) is 10.2 Å². The van der Waals surface area contributed by atoms with E-state index in [0.29, 0.717) is 65.9 Å². The number of benzene rings is 1. The third kappa shape index (κ3) is 5.01. The van der Waals surface area contributed by atoms with Gasteiger partial charge in [0.1, 0.15) is 35.6 Å². The molecule has 1 saturated heterocycles. The second-order valence-corrected chi connectivity index (χ2v) is 8.39. The second kappa shape index (κ2) is 9.99. The number of hydrogen-bond donors (Lipinski definition) is 1. The Morgan fingerprint density at radius 1 is 1.03 bits per heavy atom. The smallest absolute Gasteiger partial charge is 0.178 e. The molecule has 1 atom stereocenters. The maximum absolute atomic E-state index is 13.7. The number of ether oxygens (including phenoxy) is 3. The number of nitrogens with zero attached hydrogens (tertiary/aromatic N) is 6. The summed E-state index contributed by atoms with van der Waals surface area (Å²) >= 11 is 0. The summed E-state index contributed by atoms with van der Waals surface area (Å²) in [7, 11) is 0. The minimum Gasteiger partial charge on any atom is -0.489 e. The van der Waals surface area contributed by atoms with Crippen molar-refractivity contribution < 1.29 is 23.0 Å². The van der Waals surface area contributed by atoms with Crippen LogP contribution in [0.5, 0.6) is 5.75 Å². The van der Waals surface area contributed by atoms with Crippen molar-refractivity contribution in [3.05, 3.63) is 72.3 Å². The van der Waals surface area contributed by atoms with E-state index in [-0.39, 0.29) is 12.6 Å². The summed E-state index contributed by atoms with van der Waals surface area (Å²) < 4.78 is 45.7. The van der Waals surface area contributed by atoms with E-state index in [1.54, 1.807) is 30.6 Å². The molecule has 0 radical (unpaired) electrons. The number of anilines is 1. The van der Waals surface area contributed by atoms with Crippen molar-refractivity contribution in [1.82, 2.24) is 29.8 Å². The van der Waals surface area contributed by atoms with Gasteiger partial charge in [-0.2, -0.15) is 9.61 Å². The number of halogens is 2. The van der Waals surface area contributed by atoms with Gasteiger partial charge in [0.15, 0.2) is 11.5 Å². The Balaban J connectivity index is 1.20. The molecule has 5 aromatic rings. The molecule has 0 unspecified atom stereocenters. The minimum absolute atomic E-state index is 0.113. The summed E-state index contributed by atoms with van der Waals surface area (Å²) in [6, 6.07) is 10.2. The van der Waals surface area contributed by atoms with Gasteiger partial charge in [-0.25, -0.2) is 13.8 Å². The van der Waals surface area contributed by atoms with Crippen LogP contribution < -0.4 is 10.1 Å². The van der Waals surface area contributed by atoms with Gasteiger partial charge >= 0.3 is 0 Å². The average molecular weight is 505 g/mol. The number of aromatic nitrogens is 6. The van der Waals surface area contributed by atoms with E-state index >= 15 is 0 Å². The van der Waals surface area contributed by atoms with Crippen LogP contribution in [0.3, 0.4) is 0 Å². The summed E-state index contributed by atoms with van der Waals surface area (Å²) in [5.41, 5.74) is 3.26. The summed E-state index contributed by atoms with van der Waals surface area (Å²) in [5, 5.41) is 16.1. The zero-order valence-corrected chi connectivity index (χ0v) is 19.5. The lowest BCUT2D eigenvalue weighted by molar-refractivity contribution is -0.101. The monoisotopic (exact) mass is 505 g/mol. The third-order valence-electron chi connectivity index (χ3n) is 5.80. The Morgan fingerprint density at radius 3 is 2.76 bits per heavy atom. The molecule has 0 spiro atoms. The third-order valence-corrected chi connectivity index (χ3v) is 5.80. The van der Waals surface area contributed by atoms with E-state index < -0.39 is 11.6 Å². The van der Waals surface area contributed by atoms with E-state index in [0.717, 1.165) is 11.8 Å². The quantitative estimate of drug-likeness (QED) is 0.356. The lowest BCUT2D eigenvalue weighted by Crippen LogP contribution is -2.33. The Hall–Kier alpha value is -4.29. The van der Waals surface area contributed by atoms with Crippen LogP contribution >= 0.6 is 0 Å². The van der Waals surface area contributed by atoms with Crippen LogP contribution in [0.25, 0.3) is 27.9 Å². The predicted molar refractivity (Wildman–Crippen MR) is 129 cm³/mol. The van der Waals surface area contributed by atoms with Gasteiger partial charge in [0, 0.05) is 23.9 Å². The van der Waals surface area contributed by atoms with Crippen LogP contribution in [0.2, 0.25) is 0 Å². The van der Waals surface area contributed by atoms with Crippen LogP contribution in [-0.2, 0) is 16.0 Å². The first-order valence-corrected chi connectivity index (χ1v) is 11.6. The largest absolute Gasteiger partial charge is 0.489 e. The van der Waals surface area contributed by atoms with Crippen molar-refractivity contribution >= 4 is 22.4 Å². The Labute approximate surface area is 209 Å². The molecule has 4 aromatic heterocycles. The molecule has 0 saturated carbocycles. The molecule has 1 aliphatic rings. The first kappa shape index (κ1) is 23.1. The van der Waals surface area contributed by atoms with E-state index in [4.69, 9.17) is 14.2 Å². The molecule has 188 valence electrons. The van der Waals surface area contributed by atoms with Gasteiger partial charge in [-0.3, -0.25) is 4.98 Å². The highest BCUT2D eigenvalue weighted by atomic mass is 19.1. The molecule has 0 bridgehead atoms. The lowest BCUT2D eigenvalue weighted by Gasteiger charge is -2.22. The molecule has 1 aromatic carbocycles. The molecule has 6 rings (SSSR count). The summed E-state index contributed by atoms with van der Waals surface area (Å²) in [4.78, 5) is 8.93. The normalized spacial score (nSPS) is 15.8. The highest BCUT2D eigenvalue weighted by molar-refractivity contribution is 5.87. The number of rotatable bonds is 7. The van der Waals surface area contributed by atoms with E-state index in [9.17, 15) is 8.78 Å². The van der Waals surface area contributed by atoms with Crippen molar-refractivity contribution in [3.63, 3.8) is 0 Å². The average Bonchev–Trinajstić information content (AvgIpc) is 3.33. The van der Waals surface area contributed by atoms with Gasteiger partial charge in [0.25, 0.3) is 0 Å². The molecule has 5 heterocycles. The van der Waals surface area contributed by atoms with Crippen molar-refractivity contribution in [2.45, 2.75) is 12.6 Å². The van der Waals surface area contributed by atoms with Crippen LogP contribution in [0, 0.1) is 11.6 Å². The van der Waals surface area contributed by atoms with E-state index in [1.807, 2.05) is 6.07 Å². The molecule has 12 heteroatoms. The van der Waals surface area contributed by atoms with E-state index in [2.05, 4.69) is 30.6 Å². The molecule has 1 fully saturated rings. The highest BCUT2D eigenvalue weighted by Gasteiger charge is 2.16. The zero-order chi connectivity index (χ0) is 25.2. The van der Waals surface area contributed by atoms with Crippen molar-refractivity contribution in [3.8, 4) is 17.0 Å². The van der Waals surface area contributed by atoms with Crippen molar-refractivity contribution in [1.29, 1.82) is 0 Å². The minimum atomic E-state index is -0.676. The fraction of sp³-hybridized carbons (Fsp3) is 0.240. The number of pyridine rings is 2. The first-order chi connectivity index (χ1) is 18.1. The Kier molecular flexibility index (Phi) is 6.25. The van der Waals surface area contributed by atoms with Gasteiger partial charge in [-0.05, 0) is 30.3 Å². The van der Waals surface area contributed by atoms with Crippen LogP contribution in [-0.4, -0.2) is 62.3 Å². The zero-order valence-electron chi connectivity index (χ0n) is 19.5. The first-order valence-electron chi connectivity index (χ1n) is 11.6. The maximum atomic E-state index is 13.7. The van der Waals surface area contributed by atoms with Crippen LogP contribution in [0.4, 0.5) is 14.5 Å². The van der Waals surface area contributed by atoms with E-state index in [1.165, 1.54) is 16.6 Å². The fourth-order valence-corrected chi connectivity index (χ4v) is 4.03. The predicted octanol–water partition coefficient (Wildman–Crippen LogP) is 3.42. The molecule has 0 amide bonds. The SMILES string of the molecule is Fc1cc(F)cc(-c2ccc3nnc(CNc4ccnc5cc(OC[C@H]6COCCO6)cnc45)n3n2)c1. The fourth-order valence-electron chi connectivity index (χ4n) is 4.03. The van der Waals surface area contributed by atoms with Crippen molar-refractivity contribution in [2.24, 2.45) is 0 Å². The number of nitrogens with one attached hydrogen (secondary N) is 1. The molecular weight excluding hydrogens is 484 g/mol. The van der Waals surface area contributed by atoms with Gasteiger partial charge in [-0.1, -0.05) is 0 Å². The lowest BCUT2D eigenvalue weighted by atomic mass is 10.1.